The first kappa shape index (κ1) is 13.5. The van der Waals surface area contributed by atoms with Crippen molar-refractivity contribution in [1.82, 2.24) is 20.3 Å². The fraction of sp³-hybridized carbons (Fsp3) is 0.786. The van der Waals surface area contributed by atoms with Crippen LogP contribution in [0.3, 0.4) is 0 Å². The summed E-state index contributed by atoms with van der Waals surface area (Å²) in [7, 11) is 1.41. The highest BCUT2D eigenvalue weighted by Gasteiger charge is 2.31. The number of ether oxygens (including phenoxy) is 1. The molecule has 0 bridgehead atoms. The molecule has 0 atom stereocenters. The van der Waals surface area contributed by atoms with Crippen LogP contribution in [0, 0.1) is 0 Å². The van der Waals surface area contributed by atoms with Gasteiger partial charge in [-0.05, 0) is 38.8 Å². The minimum atomic E-state index is -0.359. The van der Waals surface area contributed by atoms with Crippen molar-refractivity contribution in [3.8, 4) is 0 Å². The molecule has 2 fully saturated rings. The lowest BCUT2D eigenvalue weighted by atomic mass is 9.92. The van der Waals surface area contributed by atoms with Crippen LogP contribution in [0.5, 0.6) is 0 Å². The zero-order valence-corrected chi connectivity index (χ0v) is 12.0. The highest BCUT2D eigenvalue weighted by atomic mass is 16.5. The maximum Gasteiger partial charge on any atom is 0.360 e. The van der Waals surface area contributed by atoms with Gasteiger partial charge in [-0.3, -0.25) is 0 Å². The van der Waals surface area contributed by atoms with Crippen molar-refractivity contribution >= 4 is 5.97 Å². The third-order valence-electron chi connectivity index (χ3n) is 4.51. The minimum Gasteiger partial charge on any atom is -0.464 e. The fourth-order valence-corrected chi connectivity index (χ4v) is 3.44. The number of hydrogen-bond acceptors (Lipinski definition) is 5. The van der Waals surface area contributed by atoms with E-state index in [-0.39, 0.29) is 5.97 Å². The highest BCUT2D eigenvalue weighted by molar-refractivity contribution is 5.88. The van der Waals surface area contributed by atoms with E-state index in [9.17, 15) is 4.79 Å². The number of esters is 1. The molecule has 2 aliphatic rings. The summed E-state index contributed by atoms with van der Waals surface area (Å²) in [6.45, 7) is 1.97. The monoisotopic (exact) mass is 278 g/mol. The molecular formula is C14H22N4O2. The number of hydrogen-bond donors (Lipinski definition) is 1. The summed E-state index contributed by atoms with van der Waals surface area (Å²) in [5, 5.41) is 11.8. The number of nitrogens with zero attached hydrogens (tertiary/aromatic N) is 3. The molecule has 1 saturated heterocycles. The maximum absolute atomic E-state index is 12.0. The van der Waals surface area contributed by atoms with Gasteiger partial charge >= 0.3 is 5.97 Å². The number of rotatable bonds is 3. The Morgan fingerprint density at radius 2 is 1.95 bits per heavy atom. The summed E-state index contributed by atoms with van der Waals surface area (Å²) >= 11 is 0. The normalized spacial score (nSPS) is 21.2. The van der Waals surface area contributed by atoms with Crippen LogP contribution in [-0.2, 0) is 4.74 Å². The quantitative estimate of drug-likeness (QED) is 0.851. The number of carbonyl (C=O) groups excluding carboxylic acids is 1. The van der Waals surface area contributed by atoms with Crippen LogP contribution >= 0.6 is 0 Å². The lowest BCUT2D eigenvalue weighted by Gasteiger charge is -2.25. The molecular weight excluding hydrogens is 256 g/mol. The number of carbonyl (C=O) groups is 1. The van der Waals surface area contributed by atoms with Crippen molar-refractivity contribution in [3.63, 3.8) is 0 Å². The van der Waals surface area contributed by atoms with E-state index in [4.69, 9.17) is 4.74 Å². The van der Waals surface area contributed by atoms with E-state index in [1.807, 2.05) is 4.68 Å². The van der Waals surface area contributed by atoms with E-state index in [0.29, 0.717) is 17.7 Å². The van der Waals surface area contributed by atoms with Crippen LogP contribution < -0.4 is 5.32 Å². The summed E-state index contributed by atoms with van der Waals surface area (Å²) in [5.74, 6) is 0.00345. The van der Waals surface area contributed by atoms with Crippen molar-refractivity contribution in [2.45, 2.75) is 50.5 Å². The molecule has 20 heavy (non-hydrogen) atoms. The molecule has 0 radical (unpaired) electrons. The van der Waals surface area contributed by atoms with Gasteiger partial charge in [0.25, 0.3) is 0 Å². The van der Waals surface area contributed by atoms with Crippen LogP contribution in [0.4, 0.5) is 0 Å². The second-order valence-corrected chi connectivity index (χ2v) is 5.72. The van der Waals surface area contributed by atoms with Crippen molar-refractivity contribution in [2.75, 3.05) is 20.2 Å². The van der Waals surface area contributed by atoms with Gasteiger partial charge < -0.3 is 10.1 Å². The van der Waals surface area contributed by atoms with Crippen LogP contribution in [-0.4, -0.2) is 41.2 Å². The molecule has 1 aliphatic heterocycles. The molecule has 0 spiro atoms. The number of methoxy groups -OCH3 is 1. The predicted molar refractivity (Wildman–Crippen MR) is 73.7 cm³/mol. The number of nitrogens with one attached hydrogen (secondary N) is 1. The fourth-order valence-electron chi connectivity index (χ4n) is 3.44. The molecule has 1 N–H and O–H groups in total. The van der Waals surface area contributed by atoms with Gasteiger partial charge in [0, 0.05) is 5.92 Å². The Morgan fingerprint density at radius 1 is 1.25 bits per heavy atom. The average molecular weight is 278 g/mol. The van der Waals surface area contributed by atoms with Crippen LogP contribution in [0.25, 0.3) is 0 Å². The van der Waals surface area contributed by atoms with Gasteiger partial charge in [0.15, 0.2) is 5.69 Å². The zero-order chi connectivity index (χ0) is 13.9. The van der Waals surface area contributed by atoms with E-state index in [1.165, 1.54) is 20.0 Å². The Labute approximate surface area is 118 Å². The largest absolute Gasteiger partial charge is 0.464 e. The summed E-state index contributed by atoms with van der Waals surface area (Å²) in [6.07, 6.45) is 6.82. The Morgan fingerprint density at radius 3 is 2.60 bits per heavy atom. The third-order valence-corrected chi connectivity index (χ3v) is 4.51. The molecule has 0 unspecified atom stereocenters. The molecule has 1 saturated carbocycles. The van der Waals surface area contributed by atoms with E-state index < -0.39 is 0 Å². The van der Waals surface area contributed by atoms with E-state index in [2.05, 4.69) is 15.6 Å². The molecule has 1 aliphatic carbocycles. The molecule has 1 aromatic rings. The molecule has 2 heterocycles. The van der Waals surface area contributed by atoms with Gasteiger partial charge in [-0.15, -0.1) is 5.10 Å². The lowest BCUT2D eigenvalue weighted by molar-refractivity contribution is 0.0591. The van der Waals surface area contributed by atoms with Gasteiger partial charge in [0.1, 0.15) is 0 Å². The van der Waals surface area contributed by atoms with Crippen molar-refractivity contribution in [3.05, 3.63) is 11.4 Å². The second kappa shape index (κ2) is 5.91. The summed E-state index contributed by atoms with van der Waals surface area (Å²) in [4.78, 5) is 12.0. The Hall–Kier alpha value is -1.43. The maximum atomic E-state index is 12.0. The molecule has 3 rings (SSSR count). The smallest absolute Gasteiger partial charge is 0.360 e. The standard InChI is InChI=1S/C14H22N4O2/c1-20-14(19)12-13(10-6-8-15-9-7-10)18(17-16-12)11-4-2-3-5-11/h10-11,15H,2-9H2,1H3. The van der Waals surface area contributed by atoms with Gasteiger partial charge in [0.2, 0.25) is 0 Å². The van der Waals surface area contributed by atoms with E-state index >= 15 is 0 Å². The summed E-state index contributed by atoms with van der Waals surface area (Å²) < 4.78 is 6.90. The molecule has 1 aromatic heterocycles. The Bertz CT molecular complexity index is 474. The van der Waals surface area contributed by atoms with Crippen LogP contribution in [0.2, 0.25) is 0 Å². The summed E-state index contributed by atoms with van der Waals surface area (Å²) in [5.41, 5.74) is 1.43. The van der Waals surface area contributed by atoms with Gasteiger partial charge in [-0.2, -0.15) is 0 Å². The molecule has 6 heteroatoms. The second-order valence-electron chi connectivity index (χ2n) is 5.72. The molecule has 0 amide bonds. The lowest BCUT2D eigenvalue weighted by Crippen LogP contribution is -2.29. The van der Waals surface area contributed by atoms with Crippen LogP contribution in [0.15, 0.2) is 0 Å². The highest BCUT2D eigenvalue weighted by Crippen LogP contribution is 2.35. The Kier molecular flexibility index (Phi) is 4.00. The first-order valence-electron chi connectivity index (χ1n) is 7.55. The van der Waals surface area contributed by atoms with Crippen molar-refractivity contribution in [1.29, 1.82) is 0 Å². The molecule has 6 nitrogen and oxygen atoms in total. The third kappa shape index (κ3) is 2.44. The van der Waals surface area contributed by atoms with Crippen molar-refractivity contribution < 1.29 is 9.53 Å². The Balaban J connectivity index is 1.96. The zero-order valence-electron chi connectivity index (χ0n) is 12.0. The van der Waals surface area contributed by atoms with Gasteiger partial charge in [-0.1, -0.05) is 18.1 Å². The number of aromatic nitrogens is 3. The topological polar surface area (TPSA) is 69.0 Å². The predicted octanol–water partition coefficient (Wildman–Crippen LogP) is 1.65. The SMILES string of the molecule is COC(=O)c1nnn(C2CCCC2)c1C1CCNCC1. The van der Waals surface area contributed by atoms with Crippen molar-refractivity contribution in [2.24, 2.45) is 0 Å². The summed E-state index contributed by atoms with van der Waals surface area (Å²) in [6, 6.07) is 0.408. The van der Waals surface area contributed by atoms with Gasteiger partial charge in [-0.25, -0.2) is 9.48 Å². The average Bonchev–Trinajstić information content (AvgIpc) is 3.15. The molecule has 0 aromatic carbocycles. The van der Waals surface area contributed by atoms with Crippen LogP contribution in [0.1, 0.15) is 66.7 Å². The van der Waals surface area contributed by atoms with Gasteiger partial charge in [0.05, 0.1) is 18.8 Å². The first-order chi connectivity index (χ1) is 9.81. The molecule has 110 valence electrons. The van der Waals surface area contributed by atoms with E-state index in [1.54, 1.807) is 0 Å². The minimum absolute atomic E-state index is 0.359. The van der Waals surface area contributed by atoms with E-state index in [0.717, 1.165) is 44.5 Å². The number of piperidine rings is 1. The first-order valence-corrected chi connectivity index (χ1v) is 7.55.